The molecule has 0 aliphatic carbocycles. The van der Waals surface area contributed by atoms with Gasteiger partial charge in [-0.2, -0.15) is 0 Å². The minimum absolute atomic E-state index is 0.0143. The summed E-state index contributed by atoms with van der Waals surface area (Å²) in [4.78, 5) is 2.52. The molecule has 2 aromatic rings. The zero-order valence-corrected chi connectivity index (χ0v) is 15.4. The smallest absolute Gasteiger partial charge is 0.240 e. The molecule has 1 aliphatic heterocycles. The molecule has 3 rings (SSSR count). The average Bonchev–Trinajstić information content (AvgIpc) is 3.07. The number of aliphatic hydroxyl groups excluding tert-OH is 1. The molecular formula is C19H24N2O4S. The standard InChI is InChI=1S/C19H24N2O4S/c22-11-12-25-18-6-4-5-16(13-18)14-21-10-9-17(15-21)20-26(23,24)19-7-2-1-3-8-19/h1-8,13,17,20,22H,9-12,14-15H2/t17-/m0/s1. The van der Waals surface area contributed by atoms with Gasteiger partial charge < -0.3 is 9.84 Å². The van der Waals surface area contributed by atoms with E-state index in [1.807, 2.05) is 24.3 Å². The normalized spacial score (nSPS) is 18.1. The molecule has 1 atom stereocenters. The molecule has 0 unspecified atom stereocenters. The summed E-state index contributed by atoms with van der Waals surface area (Å²) in [7, 11) is -3.48. The van der Waals surface area contributed by atoms with Crippen molar-refractivity contribution >= 4 is 10.0 Å². The Labute approximate surface area is 154 Å². The van der Waals surface area contributed by atoms with Crippen LogP contribution in [0.25, 0.3) is 0 Å². The first-order chi connectivity index (χ1) is 12.6. The summed E-state index contributed by atoms with van der Waals surface area (Å²) >= 11 is 0. The fourth-order valence-corrected chi connectivity index (χ4v) is 4.40. The van der Waals surface area contributed by atoms with Crippen LogP contribution < -0.4 is 9.46 Å². The molecule has 2 aromatic carbocycles. The van der Waals surface area contributed by atoms with Crippen molar-refractivity contribution in [3.63, 3.8) is 0 Å². The lowest BCUT2D eigenvalue weighted by molar-refractivity contribution is 0.201. The molecule has 0 spiro atoms. The summed E-state index contributed by atoms with van der Waals surface area (Å²) in [5.74, 6) is 0.733. The predicted octanol–water partition coefficient (Wildman–Crippen LogP) is 1.61. The summed E-state index contributed by atoms with van der Waals surface area (Å²) in [6.07, 6.45) is 0.784. The minimum Gasteiger partial charge on any atom is -0.491 e. The first kappa shape index (κ1) is 18.8. The molecule has 6 nitrogen and oxygen atoms in total. The summed E-state index contributed by atoms with van der Waals surface area (Å²) in [6, 6.07) is 16.1. The van der Waals surface area contributed by atoms with Crippen LogP contribution in [0, 0.1) is 0 Å². The fourth-order valence-electron chi connectivity index (χ4n) is 3.11. The molecule has 0 bridgehead atoms. The molecule has 2 N–H and O–H groups in total. The molecule has 140 valence electrons. The minimum atomic E-state index is -3.48. The van der Waals surface area contributed by atoms with Crippen molar-refractivity contribution in [2.45, 2.75) is 23.9 Å². The summed E-state index contributed by atoms with van der Waals surface area (Å²) in [5, 5.41) is 8.84. The van der Waals surface area contributed by atoms with E-state index in [0.717, 1.165) is 30.8 Å². The Morgan fingerprint density at radius 1 is 1.15 bits per heavy atom. The van der Waals surface area contributed by atoms with E-state index < -0.39 is 10.0 Å². The van der Waals surface area contributed by atoms with Gasteiger partial charge in [0.2, 0.25) is 10.0 Å². The second-order valence-electron chi connectivity index (χ2n) is 6.37. The average molecular weight is 376 g/mol. The van der Waals surface area contributed by atoms with Crippen LogP contribution in [0.15, 0.2) is 59.5 Å². The van der Waals surface area contributed by atoms with Crippen molar-refractivity contribution in [1.82, 2.24) is 9.62 Å². The highest BCUT2D eigenvalue weighted by Crippen LogP contribution is 2.19. The van der Waals surface area contributed by atoms with Gasteiger partial charge in [-0.05, 0) is 36.2 Å². The third kappa shape index (κ3) is 5.04. The molecule has 0 aromatic heterocycles. The van der Waals surface area contributed by atoms with Gasteiger partial charge in [0.25, 0.3) is 0 Å². The van der Waals surface area contributed by atoms with Gasteiger partial charge in [0.1, 0.15) is 12.4 Å². The van der Waals surface area contributed by atoms with Gasteiger partial charge in [0.15, 0.2) is 0 Å². The molecule has 0 radical (unpaired) electrons. The van der Waals surface area contributed by atoms with Gasteiger partial charge in [0, 0.05) is 25.7 Å². The number of nitrogens with zero attached hydrogens (tertiary/aromatic N) is 1. The monoisotopic (exact) mass is 376 g/mol. The number of sulfonamides is 1. The van der Waals surface area contributed by atoms with E-state index in [1.54, 1.807) is 30.3 Å². The molecule has 7 heteroatoms. The summed E-state index contributed by atoms with van der Waals surface area (Å²) < 4.78 is 33.1. The van der Waals surface area contributed by atoms with Crippen LogP contribution in [0.4, 0.5) is 0 Å². The second kappa shape index (κ2) is 8.64. The molecule has 0 amide bonds. The Balaban J connectivity index is 1.56. The Kier molecular flexibility index (Phi) is 6.26. The van der Waals surface area contributed by atoms with E-state index in [9.17, 15) is 8.42 Å². The van der Waals surface area contributed by atoms with E-state index in [4.69, 9.17) is 9.84 Å². The lowest BCUT2D eigenvalue weighted by atomic mass is 10.2. The number of ether oxygens (including phenoxy) is 1. The first-order valence-electron chi connectivity index (χ1n) is 8.69. The quantitative estimate of drug-likeness (QED) is 0.732. The SMILES string of the molecule is O=S(=O)(N[C@H]1CCN(Cc2cccc(OCCO)c2)C1)c1ccccc1. The zero-order valence-electron chi connectivity index (χ0n) is 14.5. The fraction of sp³-hybridized carbons (Fsp3) is 0.368. The van der Waals surface area contributed by atoms with Crippen LogP contribution in [0.5, 0.6) is 5.75 Å². The molecule has 1 saturated heterocycles. The molecule has 1 aliphatic rings. The Hall–Kier alpha value is -1.93. The third-order valence-corrected chi connectivity index (χ3v) is 5.85. The van der Waals surface area contributed by atoms with Crippen LogP contribution in [0.1, 0.15) is 12.0 Å². The lowest BCUT2D eigenvalue weighted by Gasteiger charge is -2.17. The van der Waals surface area contributed by atoms with Crippen LogP contribution in [-0.4, -0.2) is 50.8 Å². The van der Waals surface area contributed by atoms with E-state index in [0.29, 0.717) is 11.4 Å². The van der Waals surface area contributed by atoms with E-state index in [2.05, 4.69) is 9.62 Å². The molecule has 1 heterocycles. The predicted molar refractivity (Wildman–Crippen MR) is 99.5 cm³/mol. The third-order valence-electron chi connectivity index (χ3n) is 4.31. The Bertz CT molecular complexity index is 811. The van der Waals surface area contributed by atoms with Gasteiger partial charge in [-0.1, -0.05) is 30.3 Å². The molecule has 26 heavy (non-hydrogen) atoms. The molecule has 0 saturated carbocycles. The summed E-state index contributed by atoms with van der Waals surface area (Å²) in [5.41, 5.74) is 1.10. The number of benzene rings is 2. The number of rotatable bonds is 8. The highest BCUT2D eigenvalue weighted by atomic mass is 32.2. The highest BCUT2D eigenvalue weighted by Gasteiger charge is 2.27. The van der Waals surface area contributed by atoms with Crippen LogP contribution in [-0.2, 0) is 16.6 Å². The van der Waals surface area contributed by atoms with Crippen molar-refractivity contribution < 1.29 is 18.3 Å². The molecular weight excluding hydrogens is 352 g/mol. The number of nitrogens with one attached hydrogen (secondary N) is 1. The van der Waals surface area contributed by atoms with Gasteiger partial charge in [-0.15, -0.1) is 0 Å². The van der Waals surface area contributed by atoms with Gasteiger partial charge >= 0.3 is 0 Å². The topological polar surface area (TPSA) is 78.9 Å². The van der Waals surface area contributed by atoms with Crippen LogP contribution in [0.2, 0.25) is 0 Å². The van der Waals surface area contributed by atoms with E-state index >= 15 is 0 Å². The van der Waals surface area contributed by atoms with Gasteiger partial charge in [-0.25, -0.2) is 13.1 Å². The van der Waals surface area contributed by atoms with E-state index in [1.165, 1.54) is 0 Å². The number of hydrogen-bond donors (Lipinski definition) is 2. The van der Waals surface area contributed by atoms with Crippen molar-refractivity contribution in [3.8, 4) is 5.75 Å². The van der Waals surface area contributed by atoms with Crippen molar-refractivity contribution in [3.05, 3.63) is 60.2 Å². The number of hydrogen-bond acceptors (Lipinski definition) is 5. The number of aliphatic hydroxyl groups is 1. The van der Waals surface area contributed by atoms with Crippen LogP contribution in [0.3, 0.4) is 0 Å². The lowest BCUT2D eigenvalue weighted by Crippen LogP contribution is -2.36. The molecule has 1 fully saturated rings. The van der Waals surface area contributed by atoms with Crippen molar-refractivity contribution in [2.24, 2.45) is 0 Å². The maximum Gasteiger partial charge on any atom is 0.240 e. The highest BCUT2D eigenvalue weighted by molar-refractivity contribution is 7.89. The summed E-state index contributed by atoms with van der Waals surface area (Å²) in [6.45, 7) is 2.51. The Morgan fingerprint density at radius 3 is 2.73 bits per heavy atom. The Morgan fingerprint density at radius 2 is 1.96 bits per heavy atom. The first-order valence-corrected chi connectivity index (χ1v) is 10.2. The van der Waals surface area contributed by atoms with Crippen molar-refractivity contribution in [1.29, 1.82) is 0 Å². The van der Waals surface area contributed by atoms with Gasteiger partial charge in [0.05, 0.1) is 11.5 Å². The van der Waals surface area contributed by atoms with Crippen molar-refractivity contribution in [2.75, 3.05) is 26.3 Å². The maximum absolute atomic E-state index is 12.4. The zero-order chi connectivity index (χ0) is 18.4. The maximum atomic E-state index is 12.4. The largest absolute Gasteiger partial charge is 0.491 e. The number of likely N-dealkylation sites (tertiary alicyclic amines) is 1. The van der Waals surface area contributed by atoms with Crippen LogP contribution >= 0.6 is 0 Å². The van der Waals surface area contributed by atoms with Gasteiger partial charge in [-0.3, -0.25) is 4.90 Å². The second-order valence-corrected chi connectivity index (χ2v) is 8.09. The van der Waals surface area contributed by atoms with E-state index in [-0.39, 0.29) is 19.3 Å².